The normalized spacial score (nSPS) is 12.7. The van der Waals surface area contributed by atoms with Crippen LogP contribution in [0.1, 0.15) is 57.6 Å². The van der Waals surface area contributed by atoms with Gasteiger partial charge in [-0.25, -0.2) is 0 Å². The zero-order valence-corrected chi connectivity index (χ0v) is 19.3. The van der Waals surface area contributed by atoms with Crippen molar-refractivity contribution < 1.29 is 19.4 Å². The van der Waals surface area contributed by atoms with Crippen molar-refractivity contribution in [3.8, 4) is 11.5 Å². The molecule has 0 amide bonds. The minimum absolute atomic E-state index is 0.0996. The molecular weight excluding hydrogens is 388 g/mol. The van der Waals surface area contributed by atoms with E-state index in [2.05, 4.69) is 26.8 Å². The van der Waals surface area contributed by atoms with E-state index in [0.717, 1.165) is 30.4 Å². The number of methoxy groups -OCH3 is 1. The Hall–Kier alpha value is -2.59. The van der Waals surface area contributed by atoms with Crippen LogP contribution in [0.5, 0.6) is 11.5 Å². The molecule has 0 saturated carbocycles. The van der Waals surface area contributed by atoms with E-state index in [9.17, 15) is 9.90 Å². The van der Waals surface area contributed by atoms with Gasteiger partial charge in [0.2, 0.25) is 0 Å². The second-order valence-corrected chi connectivity index (χ2v) is 8.45. The topological polar surface area (TPSA) is 55.8 Å². The van der Waals surface area contributed by atoms with Crippen molar-refractivity contribution in [2.24, 2.45) is 5.92 Å². The number of ether oxygens (including phenoxy) is 2. The second-order valence-electron chi connectivity index (χ2n) is 8.45. The van der Waals surface area contributed by atoms with Gasteiger partial charge in [-0.3, -0.25) is 4.79 Å². The summed E-state index contributed by atoms with van der Waals surface area (Å²) < 4.78 is 11.3. The first-order chi connectivity index (χ1) is 14.9. The average molecular weight is 425 g/mol. The lowest BCUT2D eigenvalue weighted by atomic mass is 9.95. The molecule has 4 nitrogen and oxygen atoms in total. The number of carbonyl (C=O) groups is 1. The molecule has 4 heteroatoms. The van der Waals surface area contributed by atoms with Crippen molar-refractivity contribution in [3.63, 3.8) is 0 Å². The van der Waals surface area contributed by atoms with Gasteiger partial charge in [0, 0.05) is 12.8 Å². The number of benzene rings is 2. The van der Waals surface area contributed by atoms with Gasteiger partial charge in [0.05, 0.1) is 7.11 Å². The summed E-state index contributed by atoms with van der Waals surface area (Å²) in [5, 5.41) is 10.4. The molecule has 0 radical (unpaired) electrons. The van der Waals surface area contributed by atoms with Crippen LogP contribution in [0, 0.1) is 5.92 Å². The van der Waals surface area contributed by atoms with Gasteiger partial charge < -0.3 is 14.6 Å². The molecule has 0 aromatic heterocycles. The third-order valence-corrected chi connectivity index (χ3v) is 5.36. The highest BCUT2D eigenvalue weighted by Crippen LogP contribution is 2.29. The minimum atomic E-state index is -0.995. The maximum Gasteiger partial charge on any atom is 0.161 e. The fourth-order valence-corrected chi connectivity index (χ4v) is 3.39. The average Bonchev–Trinajstić information content (AvgIpc) is 2.76. The Bertz CT molecular complexity index is 838. The molecule has 0 bridgehead atoms. The van der Waals surface area contributed by atoms with Crippen molar-refractivity contribution in [2.45, 2.75) is 65.6 Å². The number of rotatable bonds is 13. The first kappa shape index (κ1) is 24.7. The SMILES string of the molecule is COc1cc(C[C@H](O)C(=O)CC[C@@H](C)CCC=C(C)C)ccc1OCc1ccccc1. The van der Waals surface area contributed by atoms with E-state index in [-0.39, 0.29) is 12.2 Å². The van der Waals surface area contributed by atoms with E-state index in [4.69, 9.17) is 9.47 Å². The molecule has 0 aliphatic carbocycles. The van der Waals surface area contributed by atoms with E-state index in [1.54, 1.807) is 7.11 Å². The Morgan fingerprint density at radius 3 is 2.45 bits per heavy atom. The number of hydrogen-bond donors (Lipinski definition) is 1. The smallest absolute Gasteiger partial charge is 0.161 e. The Morgan fingerprint density at radius 1 is 1.03 bits per heavy atom. The molecule has 0 fully saturated rings. The lowest BCUT2D eigenvalue weighted by Crippen LogP contribution is -2.23. The number of aliphatic hydroxyl groups excluding tert-OH is 1. The molecular formula is C27H36O4. The van der Waals surface area contributed by atoms with Crippen molar-refractivity contribution in [1.29, 1.82) is 0 Å². The molecule has 2 aromatic carbocycles. The summed E-state index contributed by atoms with van der Waals surface area (Å²) in [6.07, 6.45) is 4.84. The van der Waals surface area contributed by atoms with E-state index in [1.807, 2.05) is 48.5 Å². The van der Waals surface area contributed by atoms with Crippen molar-refractivity contribution >= 4 is 5.78 Å². The fourth-order valence-electron chi connectivity index (χ4n) is 3.39. The maximum absolute atomic E-state index is 12.4. The number of ketones is 1. The van der Waals surface area contributed by atoms with Gasteiger partial charge >= 0.3 is 0 Å². The van der Waals surface area contributed by atoms with Gasteiger partial charge in [-0.15, -0.1) is 0 Å². The molecule has 168 valence electrons. The van der Waals surface area contributed by atoms with Gasteiger partial charge in [-0.05, 0) is 62.3 Å². The van der Waals surface area contributed by atoms with Gasteiger partial charge in [0.25, 0.3) is 0 Å². The summed E-state index contributed by atoms with van der Waals surface area (Å²) in [5.74, 6) is 1.60. The summed E-state index contributed by atoms with van der Waals surface area (Å²) in [5.41, 5.74) is 3.25. The van der Waals surface area contributed by atoms with Crippen LogP contribution in [0.4, 0.5) is 0 Å². The molecule has 1 N–H and O–H groups in total. The zero-order chi connectivity index (χ0) is 22.6. The molecule has 0 aliphatic rings. The number of hydrogen-bond acceptors (Lipinski definition) is 4. The molecule has 0 aliphatic heterocycles. The predicted molar refractivity (Wildman–Crippen MR) is 126 cm³/mol. The van der Waals surface area contributed by atoms with Crippen LogP contribution in [0.25, 0.3) is 0 Å². The van der Waals surface area contributed by atoms with Gasteiger partial charge in [-0.2, -0.15) is 0 Å². The van der Waals surface area contributed by atoms with Crippen LogP contribution in [-0.4, -0.2) is 24.1 Å². The maximum atomic E-state index is 12.4. The summed E-state index contributed by atoms with van der Waals surface area (Å²) >= 11 is 0. The number of aliphatic hydroxyl groups is 1. The Kier molecular flexibility index (Phi) is 10.3. The van der Waals surface area contributed by atoms with E-state index in [1.165, 1.54) is 5.57 Å². The van der Waals surface area contributed by atoms with Crippen LogP contribution in [0.3, 0.4) is 0 Å². The molecule has 0 spiro atoms. The predicted octanol–water partition coefficient (Wildman–Crippen LogP) is 5.91. The monoisotopic (exact) mass is 424 g/mol. The summed E-state index contributed by atoms with van der Waals surface area (Å²) in [4.78, 5) is 12.4. The highest BCUT2D eigenvalue weighted by Gasteiger charge is 2.18. The molecule has 0 heterocycles. The molecule has 2 aromatic rings. The summed E-state index contributed by atoms with van der Waals surface area (Å²) in [6, 6.07) is 15.5. The van der Waals surface area contributed by atoms with E-state index in [0.29, 0.717) is 30.4 Å². The molecule has 2 atom stereocenters. The lowest BCUT2D eigenvalue weighted by molar-refractivity contribution is -0.127. The highest BCUT2D eigenvalue weighted by atomic mass is 16.5. The highest BCUT2D eigenvalue weighted by molar-refractivity contribution is 5.83. The van der Waals surface area contributed by atoms with Crippen LogP contribution in [-0.2, 0) is 17.8 Å². The van der Waals surface area contributed by atoms with Crippen molar-refractivity contribution in [3.05, 3.63) is 71.3 Å². The van der Waals surface area contributed by atoms with E-state index < -0.39 is 6.10 Å². The molecule has 0 unspecified atom stereocenters. The Labute approximate surface area is 186 Å². The quantitative estimate of drug-likeness (QED) is 0.406. The van der Waals surface area contributed by atoms with E-state index >= 15 is 0 Å². The lowest BCUT2D eigenvalue weighted by Gasteiger charge is -2.15. The van der Waals surface area contributed by atoms with Crippen molar-refractivity contribution in [1.82, 2.24) is 0 Å². The molecule has 2 rings (SSSR count). The van der Waals surface area contributed by atoms with Gasteiger partial charge in [0.15, 0.2) is 17.3 Å². The standard InChI is InChI=1S/C27H36O4/c1-20(2)9-8-10-21(3)13-15-24(28)25(29)17-23-14-16-26(27(18-23)30-4)31-19-22-11-6-5-7-12-22/h5-7,9,11-12,14,16,18,21,25,29H,8,10,13,15,17,19H2,1-4H3/t21-,25-/m0/s1. The summed E-state index contributed by atoms with van der Waals surface area (Å²) in [7, 11) is 1.59. The minimum Gasteiger partial charge on any atom is -0.493 e. The first-order valence-electron chi connectivity index (χ1n) is 11.1. The number of allylic oxidation sites excluding steroid dienone is 2. The largest absolute Gasteiger partial charge is 0.493 e. The number of Topliss-reactive ketones (excluding diaryl/α,β-unsaturated/α-hetero) is 1. The van der Waals surface area contributed by atoms with Crippen LogP contribution < -0.4 is 9.47 Å². The van der Waals surface area contributed by atoms with Gasteiger partial charge in [0.1, 0.15) is 12.7 Å². The van der Waals surface area contributed by atoms with Crippen LogP contribution >= 0.6 is 0 Å². The molecule has 0 saturated heterocycles. The number of carbonyl (C=O) groups excluding carboxylic acids is 1. The Morgan fingerprint density at radius 2 is 1.77 bits per heavy atom. The van der Waals surface area contributed by atoms with Crippen LogP contribution in [0.2, 0.25) is 0 Å². The third-order valence-electron chi connectivity index (χ3n) is 5.36. The van der Waals surface area contributed by atoms with Gasteiger partial charge in [-0.1, -0.05) is 55.0 Å². The zero-order valence-electron chi connectivity index (χ0n) is 19.3. The second kappa shape index (κ2) is 13.0. The molecule has 31 heavy (non-hydrogen) atoms. The van der Waals surface area contributed by atoms with Crippen molar-refractivity contribution in [2.75, 3.05) is 7.11 Å². The Balaban J connectivity index is 1.85. The summed E-state index contributed by atoms with van der Waals surface area (Å²) in [6.45, 7) is 6.81. The fraction of sp³-hybridized carbons (Fsp3) is 0.444. The third kappa shape index (κ3) is 8.97. The first-order valence-corrected chi connectivity index (χ1v) is 11.1. The van der Waals surface area contributed by atoms with Crippen LogP contribution in [0.15, 0.2) is 60.2 Å².